The number of phenolic OH excluding ortho intramolecular Hbond substituents is 1. The topological polar surface area (TPSA) is 55.8 Å². The number of hydrogen-bond donors (Lipinski definition) is 2. The number of piperazine rings is 1. The third-order valence-corrected chi connectivity index (χ3v) is 4.04. The molecule has 0 bridgehead atoms. The number of hydrogen-bond acceptors (Lipinski definition) is 4. The summed E-state index contributed by atoms with van der Waals surface area (Å²) in [5.41, 5.74) is 1.18. The summed E-state index contributed by atoms with van der Waals surface area (Å²) in [5, 5.41) is 12.7. The molecule has 21 heavy (non-hydrogen) atoms. The summed E-state index contributed by atoms with van der Waals surface area (Å²) in [4.78, 5) is 16.3. The highest BCUT2D eigenvalue weighted by molar-refractivity contribution is 5.81. The Bertz CT molecular complexity index is 473. The van der Waals surface area contributed by atoms with Crippen LogP contribution in [0.4, 0.5) is 0 Å². The summed E-state index contributed by atoms with van der Waals surface area (Å²) in [5.74, 6) is 0.439. The van der Waals surface area contributed by atoms with Crippen LogP contribution in [0.5, 0.6) is 5.75 Å². The Balaban J connectivity index is 2.06. The van der Waals surface area contributed by atoms with Crippen molar-refractivity contribution in [1.82, 2.24) is 15.1 Å². The van der Waals surface area contributed by atoms with Crippen molar-refractivity contribution in [2.75, 3.05) is 33.7 Å². The van der Waals surface area contributed by atoms with E-state index in [0.29, 0.717) is 6.54 Å². The van der Waals surface area contributed by atoms with Gasteiger partial charge in [0.25, 0.3) is 0 Å². The summed E-state index contributed by atoms with van der Waals surface area (Å²) >= 11 is 0. The van der Waals surface area contributed by atoms with Gasteiger partial charge in [-0.3, -0.25) is 9.69 Å². The molecule has 5 nitrogen and oxygen atoms in total. The van der Waals surface area contributed by atoms with Gasteiger partial charge in [-0.05, 0) is 31.0 Å². The van der Waals surface area contributed by atoms with Crippen LogP contribution in [0.25, 0.3) is 0 Å². The van der Waals surface area contributed by atoms with Gasteiger partial charge in [-0.15, -0.1) is 0 Å². The Morgan fingerprint density at radius 3 is 2.71 bits per heavy atom. The number of carbonyl (C=O) groups is 1. The Morgan fingerprint density at radius 1 is 1.43 bits per heavy atom. The standard InChI is InChI=1S/C16H25N3O2/c1-12(10-13-4-6-14(20)7-5-13)19-9-8-17-11-15(19)16(21)18(2)3/h4-7,12,15,17,20H,8-11H2,1-3H3. The van der Waals surface area contributed by atoms with E-state index in [2.05, 4.69) is 17.1 Å². The molecule has 0 spiro atoms. The highest BCUT2D eigenvalue weighted by atomic mass is 16.3. The Labute approximate surface area is 126 Å². The van der Waals surface area contributed by atoms with Crippen LogP contribution in [0, 0.1) is 0 Å². The van der Waals surface area contributed by atoms with Gasteiger partial charge < -0.3 is 15.3 Å². The average molecular weight is 291 g/mol. The molecule has 2 unspecified atom stereocenters. The molecule has 1 amide bonds. The predicted octanol–water partition coefficient (Wildman–Crippen LogP) is 0.685. The molecule has 1 aromatic carbocycles. The fourth-order valence-corrected chi connectivity index (χ4v) is 2.87. The second-order valence-corrected chi connectivity index (χ2v) is 5.91. The first-order chi connectivity index (χ1) is 9.99. The maximum absolute atomic E-state index is 12.3. The predicted molar refractivity (Wildman–Crippen MR) is 83.3 cm³/mol. The zero-order valence-corrected chi connectivity index (χ0v) is 13.0. The van der Waals surface area contributed by atoms with E-state index in [0.717, 1.165) is 19.5 Å². The summed E-state index contributed by atoms with van der Waals surface area (Å²) in [6.07, 6.45) is 0.873. The van der Waals surface area contributed by atoms with Crippen LogP contribution in [-0.2, 0) is 11.2 Å². The number of benzene rings is 1. The van der Waals surface area contributed by atoms with Crippen LogP contribution < -0.4 is 5.32 Å². The van der Waals surface area contributed by atoms with E-state index in [-0.39, 0.29) is 23.7 Å². The number of rotatable bonds is 4. The van der Waals surface area contributed by atoms with Crippen molar-refractivity contribution in [2.45, 2.75) is 25.4 Å². The molecule has 2 atom stereocenters. The smallest absolute Gasteiger partial charge is 0.240 e. The highest BCUT2D eigenvalue weighted by Crippen LogP contribution is 2.17. The first kappa shape index (κ1) is 15.8. The van der Waals surface area contributed by atoms with Crippen LogP contribution in [0.15, 0.2) is 24.3 Å². The lowest BCUT2D eigenvalue weighted by molar-refractivity contribution is -0.136. The average Bonchev–Trinajstić information content (AvgIpc) is 2.48. The summed E-state index contributed by atoms with van der Waals surface area (Å²) in [6.45, 7) is 4.66. The maximum Gasteiger partial charge on any atom is 0.240 e. The van der Waals surface area contributed by atoms with E-state index in [1.165, 1.54) is 5.56 Å². The van der Waals surface area contributed by atoms with Crippen LogP contribution in [0.2, 0.25) is 0 Å². The van der Waals surface area contributed by atoms with E-state index >= 15 is 0 Å². The van der Waals surface area contributed by atoms with Gasteiger partial charge in [0.1, 0.15) is 11.8 Å². The van der Waals surface area contributed by atoms with E-state index < -0.39 is 0 Å². The molecule has 0 saturated carbocycles. The van der Waals surface area contributed by atoms with Gasteiger partial charge in [0, 0.05) is 39.8 Å². The number of nitrogens with zero attached hydrogens (tertiary/aromatic N) is 2. The number of nitrogens with one attached hydrogen (secondary N) is 1. The summed E-state index contributed by atoms with van der Waals surface area (Å²) < 4.78 is 0. The quantitative estimate of drug-likeness (QED) is 0.857. The van der Waals surface area contributed by atoms with Crippen molar-refractivity contribution in [2.24, 2.45) is 0 Å². The number of amides is 1. The minimum Gasteiger partial charge on any atom is -0.508 e. The largest absolute Gasteiger partial charge is 0.508 e. The minimum absolute atomic E-state index is 0.0964. The summed E-state index contributed by atoms with van der Waals surface area (Å²) in [6, 6.07) is 7.49. The van der Waals surface area contributed by atoms with Crippen LogP contribution in [0.1, 0.15) is 12.5 Å². The third-order valence-electron chi connectivity index (χ3n) is 4.04. The maximum atomic E-state index is 12.3. The fourth-order valence-electron chi connectivity index (χ4n) is 2.87. The molecule has 0 radical (unpaired) electrons. The van der Waals surface area contributed by atoms with Gasteiger partial charge >= 0.3 is 0 Å². The van der Waals surface area contributed by atoms with Crippen molar-refractivity contribution in [1.29, 1.82) is 0 Å². The van der Waals surface area contributed by atoms with Crippen LogP contribution >= 0.6 is 0 Å². The Kier molecular flexibility index (Phi) is 5.20. The lowest BCUT2D eigenvalue weighted by Gasteiger charge is -2.40. The normalized spacial score (nSPS) is 21.0. The summed E-state index contributed by atoms with van der Waals surface area (Å²) in [7, 11) is 3.61. The SMILES string of the molecule is CC(Cc1ccc(O)cc1)N1CCNCC1C(=O)N(C)C. The first-order valence-electron chi connectivity index (χ1n) is 7.44. The third kappa shape index (κ3) is 3.95. The molecule has 1 heterocycles. The molecule has 0 aliphatic carbocycles. The molecule has 2 rings (SSSR count). The fraction of sp³-hybridized carbons (Fsp3) is 0.562. The lowest BCUT2D eigenvalue weighted by Crippen LogP contribution is -2.60. The van der Waals surface area contributed by atoms with Gasteiger partial charge in [0.2, 0.25) is 5.91 Å². The minimum atomic E-state index is -0.0964. The molecule has 1 saturated heterocycles. The highest BCUT2D eigenvalue weighted by Gasteiger charge is 2.32. The molecular formula is C16H25N3O2. The molecule has 5 heteroatoms. The molecule has 1 fully saturated rings. The first-order valence-corrected chi connectivity index (χ1v) is 7.44. The van der Waals surface area contributed by atoms with Gasteiger partial charge in [-0.2, -0.15) is 0 Å². The van der Waals surface area contributed by atoms with E-state index in [1.54, 1.807) is 31.1 Å². The van der Waals surface area contributed by atoms with Crippen LogP contribution in [-0.4, -0.2) is 66.6 Å². The zero-order chi connectivity index (χ0) is 15.4. The van der Waals surface area contributed by atoms with Gasteiger partial charge in [0.05, 0.1) is 0 Å². The molecule has 1 aliphatic heterocycles. The van der Waals surface area contributed by atoms with Crippen LogP contribution in [0.3, 0.4) is 0 Å². The molecule has 1 aliphatic rings. The molecule has 0 aromatic heterocycles. The van der Waals surface area contributed by atoms with E-state index in [1.807, 2.05) is 12.1 Å². The van der Waals surface area contributed by atoms with Crippen molar-refractivity contribution in [3.05, 3.63) is 29.8 Å². The van der Waals surface area contributed by atoms with E-state index in [4.69, 9.17) is 0 Å². The monoisotopic (exact) mass is 291 g/mol. The van der Waals surface area contributed by atoms with Gasteiger partial charge in [-0.25, -0.2) is 0 Å². The molecule has 1 aromatic rings. The number of phenols is 1. The zero-order valence-electron chi connectivity index (χ0n) is 13.0. The number of aromatic hydroxyl groups is 1. The van der Waals surface area contributed by atoms with Gasteiger partial charge in [-0.1, -0.05) is 12.1 Å². The number of carbonyl (C=O) groups excluding carboxylic acids is 1. The molecule has 116 valence electrons. The van der Waals surface area contributed by atoms with E-state index in [9.17, 15) is 9.90 Å². The molecule has 2 N–H and O–H groups in total. The second-order valence-electron chi connectivity index (χ2n) is 5.91. The molecular weight excluding hydrogens is 266 g/mol. The van der Waals surface area contributed by atoms with Crippen molar-refractivity contribution < 1.29 is 9.90 Å². The van der Waals surface area contributed by atoms with Crippen molar-refractivity contribution >= 4 is 5.91 Å². The second kappa shape index (κ2) is 6.91. The Hall–Kier alpha value is -1.59. The lowest BCUT2D eigenvalue weighted by atomic mass is 10.0. The van der Waals surface area contributed by atoms with Crippen molar-refractivity contribution in [3.8, 4) is 5.75 Å². The Morgan fingerprint density at radius 2 is 2.10 bits per heavy atom. The number of likely N-dealkylation sites (N-methyl/N-ethyl adjacent to an activating group) is 1. The van der Waals surface area contributed by atoms with Crippen molar-refractivity contribution in [3.63, 3.8) is 0 Å². The van der Waals surface area contributed by atoms with Gasteiger partial charge in [0.15, 0.2) is 0 Å².